The van der Waals surface area contributed by atoms with Gasteiger partial charge in [-0.15, -0.1) is 0 Å². The van der Waals surface area contributed by atoms with E-state index in [0.717, 1.165) is 36.6 Å². The number of H-pyrrole nitrogens is 1. The summed E-state index contributed by atoms with van der Waals surface area (Å²) in [7, 11) is 3.34. The summed E-state index contributed by atoms with van der Waals surface area (Å²) in [6.45, 7) is 0. The number of ketones is 1. The van der Waals surface area contributed by atoms with E-state index >= 15 is 0 Å². The van der Waals surface area contributed by atoms with Gasteiger partial charge < -0.3 is 14.6 Å². The average molecular weight is 314 g/mol. The Morgan fingerprint density at radius 2 is 1.96 bits per heavy atom. The highest BCUT2D eigenvalue weighted by Crippen LogP contribution is 2.25. The van der Waals surface area contributed by atoms with Gasteiger partial charge in [0.2, 0.25) is 0 Å². The molecule has 0 radical (unpaired) electrons. The Balaban J connectivity index is 1.83. The van der Waals surface area contributed by atoms with Crippen LogP contribution in [0.5, 0.6) is 5.75 Å². The molecule has 1 amide bonds. The van der Waals surface area contributed by atoms with E-state index in [4.69, 9.17) is 4.74 Å². The number of benzene rings is 1. The molecule has 1 fully saturated rings. The first kappa shape index (κ1) is 15.6. The van der Waals surface area contributed by atoms with Crippen LogP contribution >= 0.6 is 0 Å². The van der Waals surface area contributed by atoms with Gasteiger partial charge in [0, 0.05) is 36.3 Å². The number of hydrogen-bond acceptors (Lipinski definition) is 3. The molecule has 23 heavy (non-hydrogen) atoms. The Kier molecular flexibility index (Phi) is 4.37. The first-order valence-electron chi connectivity index (χ1n) is 8.08. The number of rotatable bonds is 4. The molecule has 1 aliphatic rings. The molecule has 1 aromatic carbocycles. The summed E-state index contributed by atoms with van der Waals surface area (Å²) in [5.74, 6) is -0.160. The van der Waals surface area contributed by atoms with Crippen LogP contribution in [0.4, 0.5) is 0 Å². The minimum atomic E-state index is -0.450. The number of likely N-dealkylation sites (N-methyl/N-ethyl adjacent to an activating group) is 1. The molecule has 3 rings (SSSR count). The predicted molar refractivity (Wildman–Crippen MR) is 88.8 cm³/mol. The molecule has 0 bridgehead atoms. The molecule has 0 unspecified atom stereocenters. The molecule has 1 aromatic heterocycles. The smallest absolute Gasteiger partial charge is 0.295 e. The lowest BCUT2D eigenvalue weighted by molar-refractivity contribution is -0.127. The number of nitrogens with one attached hydrogen (secondary N) is 1. The zero-order chi connectivity index (χ0) is 16.4. The van der Waals surface area contributed by atoms with E-state index in [1.54, 1.807) is 31.3 Å². The van der Waals surface area contributed by atoms with Gasteiger partial charge in [0.15, 0.2) is 0 Å². The van der Waals surface area contributed by atoms with Crippen LogP contribution in [0.25, 0.3) is 10.9 Å². The second-order valence-corrected chi connectivity index (χ2v) is 6.15. The molecule has 2 aromatic rings. The van der Waals surface area contributed by atoms with Crippen molar-refractivity contribution in [3.8, 4) is 5.75 Å². The van der Waals surface area contributed by atoms with Crippen molar-refractivity contribution < 1.29 is 14.3 Å². The molecule has 0 spiro atoms. The van der Waals surface area contributed by atoms with E-state index in [1.807, 2.05) is 12.1 Å². The Morgan fingerprint density at radius 1 is 1.22 bits per heavy atom. The first-order chi connectivity index (χ1) is 11.1. The molecule has 0 saturated heterocycles. The zero-order valence-electron chi connectivity index (χ0n) is 13.6. The SMILES string of the molecule is COc1ccc2c(C(=O)C(=O)N(C)C3CCCCC3)c[nH]c2c1. The number of ether oxygens (including phenoxy) is 1. The minimum absolute atomic E-state index is 0.186. The molecular formula is C18H22N2O3. The standard InChI is InChI=1S/C18H22N2O3/c1-20(12-6-4-3-5-7-12)18(22)17(21)15-11-19-16-10-13(23-2)8-9-14(15)16/h8-12,19H,3-7H2,1-2H3. The van der Waals surface area contributed by atoms with E-state index in [2.05, 4.69) is 4.98 Å². The summed E-state index contributed by atoms with van der Waals surface area (Å²) in [4.78, 5) is 29.8. The van der Waals surface area contributed by atoms with Crippen molar-refractivity contribution in [2.75, 3.05) is 14.2 Å². The number of amides is 1. The highest BCUT2D eigenvalue weighted by molar-refractivity contribution is 6.44. The van der Waals surface area contributed by atoms with Crippen LogP contribution in [0.1, 0.15) is 42.5 Å². The van der Waals surface area contributed by atoms with Gasteiger partial charge in [-0.2, -0.15) is 0 Å². The lowest BCUT2D eigenvalue weighted by Crippen LogP contribution is -2.42. The van der Waals surface area contributed by atoms with Crippen LogP contribution in [0.3, 0.4) is 0 Å². The zero-order valence-corrected chi connectivity index (χ0v) is 13.6. The quantitative estimate of drug-likeness (QED) is 0.696. The molecule has 122 valence electrons. The first-order valence-corrected chi connectivity index (χ1v) is 8.08. The van der Waals surface area contributed by atoms with Crippen LogP contribution < -0.4 is 4.74 Å². The van der Waals surface area contributed by atoms with Gasteiger partial charge in [-0.05, 0) is 25.0 Å². The third-order valence-corrected chi connectivity index (χ3v) is 4.77. The Bertz CT molecular complexity index is 729. The normalized spacial score (nSPS) is 15.6. The largest absolute Gasteiger partial charge is 0.497 e. The van der Waals surface area contributed by atoms with E-state index in [1.165, 1.54) is 6.42 Å². The number of carbonyl (C=O) groups excluding carboxylic acids is 2. The Hall–Kier alpha value is -2.30. The molecule has 1 saturated carbocycles. The van der Waals surface area contributed by atoms with Crippen molar-refractivity contribution in [1.29, 1.82) is 0 Å². The molecule has 5 heteroatoms. The average Bonchev–Trinajstić information content (AvgIpc) is 3.03. The van der Waals surface area contributed by atoms with Crippen molar-refractivity contribution in [2.45, 2.75) is 38.1 Å². The Morgan fingerprint density at radius 3 is 2.65 bits per heavy atom. The molecule has 1 aliphatic carbocycles. The summed E-state index contributed by atoms with van der Waals surface area (Å²) < 4.78 is 5.18. The molecule has 5 nitrogen and oxygen atoms in total. The second kappa shape index (κ2) is 6.44. The fourth-order valence-electron chi connectivity index (χ4n) is 3.33. The highest BCUT2D eigenvalue weighted by atomic mass is 16.5. The van der Waals surface area contributed by atoms with Gasteiger partial charge in [0.25, 0.3) is 11.7 Å². The maximum absolute atomic E-state index is 12.6. The number of Topliss-reactive ketones (excluding diaryl/α,β-unsaturated/α-hetero) is 1. The molecule has 1 heterocycles. The van der Waals surface area contributed by atoms with Crippen molar-refractivity contribution in [1.82, 2.24) is 9.88 Å². The monoisotopic (exact) mass is 314 g/mol. The lowest BCUT2D eigenvalue weighted by atomic mass is 9.94. The van der Waals surface area contributed by atoms with Gasteiger partial charge in [0.05, 0.1) is 12.7 Å². The number of fused-ring (bicyclic) bond motifs is 1. The molecular weight excluding hydrogens is 292 g/mol. The van der Waals surface area contributed by atoms with Gasteiger partial charge in [-0.3, -0.25) is 9.59 Å². The van der Waals surface area contributed by atoms with Crippen LogP contribution in [0.15, 0.2) is 24.4 Å². The van der Waals surface area contributed by atoms with Gasteiger partial charge in [0.1, 0.15) is 5.75 Å². The van der Waals surface area contributed by atoms with Gasteiger partial charge >= 0.3 is 0 Å². The molecule has 1 N–H and O–H groups in total. The summed E-state index contributed by atoms with van der Waals surface area (Å²) in [5, 5.41) is 0.751. The lowest BCUT2D eigenvalue weighted by Gasteiger charge is -2.30. The number of hydrogen-bond donors (Lipinski definition) is 1. The summed E-state index contributed by atoms with van der Waals surface area (Å²) >= 11 is 0. The third kappa shape index (κ3) is 2.96. The fraction of sp³-hybridized carbons (Fsp3) is 0.444. The topological polar surface area (TPSA) is 62.4 Å². The number of nitrogens with zero attached hydrogens (tertiary/aromatic N) is 1. The number of aromatic nitrogens is 1. The molecule has 0 aliphatic heterocycles. The number of aromatic amines is 1. The van der Waals surface area contributed by atoms with Crippen LogP contribution in [0, 0.1) is 0 Å². The third-order valence-electron chi connectivity index (χ3n) is 4.77. The fourth-order valence-corrected chi connectivity index (χ4v) is 3.33. The maximum atomic E-state index is 12.6. The minimum Gasteiger partial charge on any atom is -0.497 e. The summed E-state index contributed by atoms with van der Waals surface area (Å²) in [6.07, 6.45) is 7.06. The van der Waals surface area contributed by atoms with E-state index in [9.17, 15) is 9.59 Å². The summed E-state index contributed by atoms with van der Waals surface area (Å²) in [6, 6.07) is 5.61. The van der Waals surface area contributed by atoms with Crippen LogP contribution in [-0.4, -0.2) is 41.8 Å². The van der Waals surface area contributed by atoms with E-state index in [0.29, 0.717) is 11.3 Å². The van der Waals surface area contributed by atoms with Gasteiger partial charge in [-0.1, -0.05) is 19.3 Å². The maximum Gasteiger partial charge on any atom is 0.295 e. The summed E-state index contributed by atoms with van der Waals surface area (Å²) in [5.41, 5.74) is 1.22. The van der Waals surface area contributed by atoms with Crippen molar-refractivity contribution in [3.05, 3.63) is 30.0 Å². The highest BCUT2D eigenvalue weighted by Gasteiger charge is 2.28. The number of methoxy groups -OCH3 is 1. The predicted octanol–water partition coefficient (Wildman–Crippen LogP) is 3.15. The number of carbonyl (C=O) groups is 2. The van der Waals surface area contributed by atoms with Crippen LogP contribution in [0.2, 0.25) is 0 Å². The van der Waals surface area contributed by atoms with Crippen molar-refractivity contribution in [2.24, 2.45) is 0 Å². The van der Waals surface area contributed by atoms with E-state index < -0.39 is 11.7 Å². The van der Waals surface area contributed by atoms with E-state index in [-0.39, 0.29) is 6.04 Å². The van der Waals surface area contributed by atoms with Crippen molar-refractivity contribution in [3.63, 3.8) is 0 Å². The van der Waals surface area contributed by atoms with Crippen molar-refractivity contribution >= 4 is 22.6 Å². The molecule has 0 atom stereocenters. The van der Waals surface area contributed by atoms with Gasteiger partial charge in [-0.25, -0.2) is 0 Å². The second-order valence-electron chi connectivity index (χ2n) is 6.15. The van der Waals surface area contributed by atoms with Crippen LogP contribution in [-0.2, 0) is 4.79 Å². The Labute approximate surface area is 135 Å².